The Morgan fingerprint density at radius 2 is 1.92 bits per heavy atom. The highest BCUT2D eigenvalue weighted by molar-refractivity contribution is 5.82. The van der Waals surface area contributed by atoms with Crippen LogP contribution in [0.2, 0.25) is 0 Å². The van der Waals surface area contributed by atoms with Crippen LogP contribution in [0.15, 0.2) is 0 Å². The second-order valence-corrected chi connectivity index (χ2v) is 8.14. The van der Waals surface area contributed by atoms with Crippen molar-refractivity contribution >= 4 is 18.3 Å². The van der Waals surface area contributed by atoms with Crippen molar-refractivity contribution in [3.05, 3.63) is 0 Å². The normalized spacial score (nSPS) is 24.6. The van der Waals surface area contributed by atoms with E-state index in [9.17, 15) is 14.4 Å². The molecule has 0 aromatic carbocycles. The Morgan fingerprint density at radius 1 is 1.29 bits per heavy atom. The van der Waals surface area contributed by atoms with Crippen LogP contribution in [0, 0.1) is 5.41 Å². The highest BCUT2D eigenvalue weighted by Gasteiger charge is 2.42. The summed E-state index contributed by atoms with van der Waals surface area (Å²) in [5.74, 6) is -0.591. The fourth-order valence-corrected chi connectivity index (χ4v) is 2.67. The van der Waals surface area contributed by atoms with Crippen molar-refractivity contribution in [3.63, 3.8) is 0 Å². The molecule has 0 radical (unpaired) electrons. The van der Waals surface area contributed by atoms with Crippen LogP contribution in [0.4, 0.5) is 4.79 Å². The lowest BCUT2D eigenvalue weighted by molar-refractivity contribution is -0.144. The molecule has 7 nitrogen and oxygen atoms in total. The maximum absolute atomic E-state index is 12.0. The van der Waals surface area contributed by atoms with E-state index >= 15 is 0 Å². The van der Waals surface area contributed by atoms with Crippen molar-refractivity contribution in [3.8, 4) is 0 Å². The summed E-state index contributed by atoms with van der Waals surface area (Å²) in [5.41, 5.74) is -1.45. The number of esters is 1. The first kappa shape index (κ1) is 20.4. The van der Waals surface area contributed by atoms with Crippen LogP contribution in [0.5, 0.6) is 0 Å². The molecule has 1 fully saturated rings. The Bertz CT molecular complexity index is 472. The molecule has 1 unspecified atom stereocenters. The van der Waals surface area contributed by atoms with Crippen molar-refractivity contribution in [1.29, 1.82) is 0 Å². The molecule has 1 heterocycles. The molecule has 7 heteroatoms. The molecule has 0 saturated carbocycles. The number of nitrogens with one attached hydrogen (secondary N) is 2. The molecule has 1 rings (SSSR count). The average Bonchev–Trinajstić information content (AvgIpc) is 2.46. The number of carbonyl (C=O) groups excluding carboxylic acids is 3. The molecule has 0 aromatic heterocycles. The lowest BCUT2D eigenvalue weighted by Crippen LogP contribution is -2.55. The van der Waals surface area contributed by atoms with Crippen LogP contribution in [0.25, 0.3) is 0 Å². The Labute approximate surface area is 143 Å². The zero-order chi connectivity index (χ0) is 18.6. The summed E-state index contributed by atoms with van der Waals surface area (Å²) >= 11 is 0. The first-order valence-electron chi connectivity index (χ1n) is 8.21. The van der Waals surface area contributed by atoms with E-state index in [0.29, 0.717) is 13.0 Å². The van der Waals surface area contributed by atoms with Gasteiger partial charge in [-0.15, -0.1) is 0 Å². The third-order valence-electron chi connectivity index (χ3n) is 4.20. The van der Waals surface area contributed by atoms with Crippen LogP contribution in [-0.4, -0.2) is 49.2 Å². The van der Waals surface area contributed by atoms with E-state index in [1.165, 1.54) is 7.11 Å². The number of ether oxygens (including phenoxy) is 2. The van der Waals surface area contributed by atoms with Gasteiger partial charge in [0.05, 0.1) is 7.11 Å². The predicted molar refractivity (Wildman–Crippen MR) is 89.6 cm³/mol. The van der Waals surface area contributed by atoms with Gasteiger partial charge in [-0.1, -0.05) is 0 Å². The first-order valence-corrected chi connectivity index (χ1v) is 8.21. The molecule has 1 aliphatic heterocycles. The van der Waals surface area contributed by atoms with Crippen molar-refractivity contribution in [1.82, 2.24) is 10.6 Å². The van der Waals surface area contributed by atoms with Crippen LogP contribution in [-0.2, 0) is 19.1 Å². The number of aldehydes is 1. The van der Waals surface area contributed by atoms with Crippen molar-refractivity contribution in [2.24, 2.45) is 5.41 Å². The third-order valence-corrected chi connectivity index (χ3v) is 4.20. The van der Waals surface area contributed by atoms with Crippen LogP contribution in [0.1, 0.15) is 53.9 Å². The first-order chi connectivity index (χ1) is 10.9. The summed E-state index contributed by atoms with van der Waals surface area (Å²) < 4.78 is 9.96. The summed E-state index contributed by atoms with van der Waals surface area (Å²) in [6.07, 6.45) is 1.78. The Kier molecular flexibility index (Phi) is 6.38. The molecule has 2 N–H and O–H groups in total. The van der Waals surface area contributed by atoms with Gasteiger partial charge in [-0.25, -0.2) is 9.59 Å². The molecule has 0 bridgehead atoms. The quantitative estimate of drug-likeness (QED) is 0.584. The monoisotopic (exact) mass is 342 g/mol. The van der Waals surface area contributed by atoms with Gasteiger partial charge in [0.25, 0.3) is 0 Å². The zero-order valence-corrected chi connectivity index (χ0v) is 15.5. The number of hydrogen-bond donors (Lipinski definition) is 2. The second kappa shape index (κ2) is 7.51. The molecule has 138 valence electrons. The fourth-order valence-electron chi connectivity index (χ4n) is 2.67. The van der Waals surface area contributed by atoms with Gasteiger partial charge in [-0.2, -0.15) is 0 Å². The number of carbonyl (C=O) groups is 3. The van der Waals surface area contributed by atoms with Gasteiger partial charge < -0.3 is 24.9 Å². The van der Waals surface area contributed by atoms with E-state index < -0.39 is 29.1 Å². The summed E-state index contributed by atoms with van der Waals surface area (Å²) in [7, 11) is 1.25. The molecular weight excluding hydrogens is 312 g/mol. The largest absolute Gasteiger partial charge is 0.467 e. The molecule has 2 atom stereocenters. The van der Waals surface area contributed by atoms with Gasteiger partial charge in [-0.05, 0) is 53.9 Å². The smallest absolute Gasteiger partial charge is 0.408 e. The standard InChI is InChI=1S/C17H30N2O5/c1-15(2,3)24-14(22)19-12(13(21)23-6)9-17(11-20)8-7-16(4,5)18-10-17/h11-12,18H,7-10H2,1-6H3,(H,19,22)/t12-,17?/m0/s1. The van der Waals surface area contributed by atoms with Gasteiger partial charge in [0.15, 0.2) is 0 Å². The number of piperidine rings is 1. The zero-order valence-electron chi connectivity index (χ0n) is 15.5. The topological polar surface area (TPSA) is 93.7 Å². The fraction of sp³-hybridized carbons (Fsp3) is 0.824. The van der Waals surface area contributed by atoms with Crippen LogP contribution < -0.4 is 10.6 Å². The SMILES string of the molecule is COC(=O)[C@H](CC1(C=O)CCC(C)(C)NC1)NC(=O)OC(C)(C)C. The average molecular weight is 342 g/mol. The molecule has 1 amide bonds. The van der Waals surface area contributed by atoms with E-state index in [2.05, 4.69) is 24.5 Å². The van der Waals surface area contributed by atoms with E-state index in [4.69, 9.17) is 9.47 Å². The summed E-state index contributed by atoms with van der Waals surface area (Å²) in [6, 6.07) is -0.932. The minimum atomic E-state index is -0.932. The van der Waals surface area contributed by atoms with Gasteiger partial charge >= 0.3 is 12.1 Å². The number of rotatable bonds is 5. The lowest BCUT2D eigenvalue weighted by Gasteiger charge is -2.42. The van der Waals surface area contributed by atoms with E-state index in [-0.39, 0.29) is 12.0 Å². The van der Waals surface area contributed by atoms with E-state index in [1.54, 1.807) is 20.8 Å². The second-order valence-electron chi connectivity index (χ2n) is 8.14. The number of alkyl carbamates (subject to hydrolysis) is 1. The Hall–Kier alpha value is -1.63. The van der Waals surface area contributed by atoms with Crippen molar-refractivity contribution in [2.45, 2.75) is 71.1 Å². The minimum Gasteiger partial charge on any atom is -0.467 e. The minimum absolute atomic E-state index is 0.0497. The molecule has 1 aliphatic rings. The lowest BCUT2D eigenvalue weighted by atomic mass is 9.72. The number of methoxy groups -OCH3 is 1. The maximum Gasteiger partial charge on any atom is 0.408 e. The van der Waals surface area contributed by atoms with Crippen LogP contribution >= 0.6 is 0 Å². The van der Waals surface area contributed by atoms with Gasteiger partial charge in [0.1, 0.15) is 17.9 Å². The van der Waals surface area contributed by atoms with E-state index in [1.807, 2.05) is 0 Å². The number of hydrogen-bond acceptors (Lipinski definition) is 6. The van der Waals surface area contributed by atoms with Gasteiger partial charge in [0, 0.05) is 17.5 Å². The molecular formula is C17H30N2O5. The Balaban J connectivity index is 2.83. The summed E-state index contributed by atoms with van der Waals surface area (Å²) in [6.45, 7) is 9.79. The Morgan fingerprint density at radius 3 is 2.33 bits per heavy atom. The summed E-state index contributed by atoms with van der Waals surface area (Å²) in [5, 5.41) is 5.86. The molecule has 1 saturated heterocycles. The van der Waals surface area contributed by atoms with Gasteiger partial charge in [-0.3, -0.25) is 0 Å². The predicted octanol–water partition coefficient (Wildman–Crippen LogP) is 1.79. The van der Waals surface area contributed by atoms with Crippen molar-refractivity contribution in [2.75, 3.05) is 13.7 Å². The third kappa shape index (κ3) is 6.11. The maximum atomic E-state index is 12.0. The molecule has 0 spiro atoms. The van der Waals surface area contributed by atoms with E-state index in [0.717, 1.165) is 12.7 Å². The number of amides is 1. The molecule has 0 aromatic rings. The van der Waals surface area contributed by atoms with Crippen molar-refractivity contribution < 1.29 is 23.9 Å². The molecule has 24 heavy (non-hydrogen) atoms. The summed E-state index contributed by atoms with van der Waals surface area (Å²) in [4.78, 5) is 35.7. The highest BCUT2D eigenvalue weighted by Crippen LogP contribution is 2.34. The van der Waals surface area contributed by atoms with Crippen LogP contribution in [0.3, 0.4) is 0 Å². The molecule has 0 aliphatic carbocycles. The van der Waals surface area contributed by atoms with Gasteiger partial charge in [0.2, 0.25) is 0 Å². The highest BCUT2D eigenvalue weighted by atomic mass is 16.6.